The first kappa shape index (κ1) is 15.7. The predicted molar refractivity (Wildman–Crippen MR) is 95.5 cm³/mol. The molecule has 0 unspecified atom stereocenters. The van der Waals surface area contributed by atoms with E-state index in [0.29, 0.717) is 34.9 Å². The maximum atomic E-state index is 12.5. The number of nitrogens with one attached hydrogen (secondary N) is 1. The molecule has 126 valence electrons. The van der Waals surface area contributed by atoms with Crippen molar-refractivity contribution in [2.75, 3.05) is 7.11 Å². The second-order valence-corrected chi connectivity index (χ2v) is 6.54. The summed E-state index contributed by atoms with van der Waals surface area (Å²) in [4.78, 5) is 19.7. The van der Waals surface area contributed by atoms with Crippen molar-refractivity contribution in [3.8, 4) is 34.5 Å². The Kier molecular flexibility index (Phi) is 3.73. The summed E-state index contributed by atoms with van der Waals surface area (Å²) < 4.78 is 12.1. The Labute approximate surface area is 151 Å². The van der Waals surface area contributed by atoms with Gasteiger partial charge in [0.05, 0.1) is 12.7 Å². The van der Waals surface area contributed by atoms with Gasteiger partial charge in [0, 0.05) is 22.0 Å². The molecule has 0 fully saturated rings. The minimum absolute atomic E-state index is 0.0932. The Hall–Kier alpha value is -2.80. The van der Waals surface area contributed by atoms with Crippen LogP contribution in [0.15, 0.2) is 45.7 Å². The summed E-state index contributed by atoms with van der Waals surface area (Å²) >= 11 is 3.43. The van der Waals surface area contributed by atoms with Crippen LogP contribution in [0.3, 0.4) is 0 Å². The molecule has 3 aromatic rings. The number of aromatic amines is 1. The summed E-state index contributed by atoms with van der Waals surface area (Å²) in [6, 6.07) is 10.2. The maximum absolute atomic E-state index is 12.5. The quantitative estimate of drug-likeness (QED) is 0.536. The molecule has 0 radical (unpaired) electrons. The van der Waals surface area contributed by atoms with Crippen molar-refractivity contribution < 1.29 is 14.6 Å². The number of hydrogen-bond donors (Lipinski definition) is 2. The van der Waals surface area contributed by atoms with E-state index in [2.05, 4.69) is 25.9 Å². The van der Waals surface area contributed by atoms with E-state index in [1.165, 1.54) is 6.07 Å². The van der Waals surface area contributed by atoms with Gasteiger partial charge in [0.25, 0.3) is 5.56 Å². The van der Waals surface area contributed by atoms with Gasteiger partial charge in [-0.1, -0.05) is 28.1 Å². The number of halogens is 1. The highest BCUT2D eigenvalue weighted by molar-refractivity contribution is 9.10. The topological polar surface area (TPSA) is 84.4 Å². The van der Waals surface area contributed by atoms with Crippen LogP contribution >= 0.6 is 15.9 Å². The Morgan fingerprint density at radius 2 is 2.16 bits per heavy atom. The molecule has 2 heterocycles. The van der Waals surface area contributed by atoms with Gasteiger partial charge in [-0.05, 0) is 24.3 Å². The lowest BCUT2D eigenvalue weighted by molar-refractivity contribution is 0.364. The minimum Gasteiger partial charge on any atom is -0.508 e. The number of H-pyrrole nitrogens is 1. The number of fused-ring (bicyclic) bond motifs is 2. The highest BCUT2D eigenvalue weighted by Crippen LogP contribution is 2.42. The number of aromatic nitrogens is 2. The Bertz CT molecular complexity index is 1050. The van der Waals surface area contributed by atoms with Gasteiger partial charge in [-0.2, -0.15) is 4.98 Å². The highest BCUT2D eigenvalue weighted by Gasteiger charge is 2.25. The number of phenols is 1. The Morgan fingerprint density at radius 1 is 1.32 bits per heavy atom. The molecule has 2 aromatic carbocycles. The molecule has 1 aliphatic heterocycles. The molecule has 25 heavy (non-hydrogen) atoms. The van der Waals surface area contributed by atoms with E-state index in [1.54, 1.807) is 31.4 Å². The number of aromatic hydroxyl groups is 1. The van der Waals surface area contributed by atoms with E-state index >= 15 is 0 Å². The van der Waals surface area contributed by atoms with Crippen LogP contribution in [-0.4, -0.2) is 22.2 Å². The van der Waals surface area contributed by atoms with Crippen LogP contribution in [-0.2, 0) is 6.42 Å². The second kappa shape index (κ2) is 5.93. The molecule has 0 amide bonds. The molecule has 0 atom stereocenters. The van der Waals surface area contributed by atoms with Crippen molar-refractivity contribution in [2.24, 2.45) is 0 Å². The summed E-state index contributed by atoms with van der Waals surface area (Å²) in [5.41, 5.74) is 1.62. The van der Waals surface area contributed by atoms with Gasteiger partial charge in [0.1, 0.15) is 11.6 Å². The van der Waals surface area contributed by atoms with Crippen molar-refractivity contribution in [2.45, 2.75) is 6.42 Å². The zero-order valence-corrected chi connectivity index (χ0v) is 14.8. The summed E-state index contributed by atoms with van der Waals surface area (Å²) in [6.07, 6.45) is 0.392. The van der Waals surface area contributed by atoms with E-state index < -0.39 is 0 Å². The molecule has 0 bridgehead atoms. The first-order valence-electron chi connectivity index (χ1n) is 7.52. The average molecular weight is 401 g/mol. The number of ether oxygens (including phenoxy) is 2. The number of nitrogens with zero attached hydrogens (tertiary/aromatic N) is 1. The molecule has 0 saturated heterocycles. The van der Waals surface area contributed by atoms with Crippen LogP contribution in [0, 0.1) is 0 Å². The van der Waals surface area contributed by atoms with E-state index in [-0.39, 0.29) is 17.2 Å². The Balaban J connectivity index is 1.84. The number of phenolic OH excluding ortho intramolecular Hbond substituents is 1. The third kappa shape index (κ3) is 2.76. The molecule has 1 aliphatic rings. The van der Waals surface area contributed by atoms with Crippen molar-refractivity contribution in [3.05, 3.63) is 62.4 Å². The molecule has 7 heteroatoms. The third-order valence-electron chi connectivity index (χ3n) is 3.98. The van der Waals surface area contributed by atoms with Gasteiger partial charge < -0.3 is 19.6 Å². The van der Waals surface area contributed by atoms with Gasteiger partial charge in [0.15, 0.2) is 11.5 Å². The van der Waals surface area contributed by atoms with Crippen LogP contribution < -0.4 is 15.0 Å². The lowest BCUT2D eigenvalue weighted by Crippen LogP contribution is -2.20. The largest absolute Gasteiger partial charge is 0.508 e. The molecule has 0 saturated carbocycles. The highest BCUT2D eigenvalue weighted by atomic mass is 79.9. The molecule has 0 aliphatic carbocycles. The monoisotopic (exact) mass is 400 g/mol. The van der Waals surface area contributed by atoms with E-state index in [9.17, 15) is 9.90 Å². The van der Waals surface area contributed by atoms with Crippen LogP contribution in [0.5, 0.6) is 23.1 Å². The van der Waals surface area contributed by atoms with E-state index in [1.807, 2.05) is 6.07 Å². The van der Waals surface area contributed by atoms with E-state index in [0.717, 1.165) is 10.0 Å². The molecular weight excluding hydrogens is 388 g/mol. The lowest BCUT2D eigenvalue weighted by atomic mass is 10.0. The summed E-state index contributed by atoms with van der Waals surface area (Å²) in [5.74, 6) is 1.79. The summed E-state index contributed by atoms with van der Waals surface area (Å²) in [6.45, 7) is 0. The standard InChI is InChI=1S/C18H13BrN2O4/c1-24-14-8-11(19)5-10-7-13-17(23)20-16(21-18(13)25-15(10)14)9-3-2-4-12(22)6-9/h2-6,8,22H,7H2,1H3,(H,20,21,23). The predicted octanol–water partition coefficient (Wildman–Crippen LogP) is 3.61. The fraction of sp³-hybridized carbons (Fsp3) is 0.111. The SMILES string of the molecule is COc1cc(Br)cc2c1Oc1nc(-c3cccc(O)c3)[nH]c(=O)c1C2. The van der Waals surface area contributed by atoms with Crippen LogP contribution in [0.4, 0.5) is 0 Å². The molecular formula is C18H13BrN2O4. The van der Waals surface area contributed by atoms with Crippen LogP contribution in [0.2, 0.25) is 0 Å². The second-order valence-electron chi connectivity index (χ2n) is 5.62. The minimum atomic E-state index is -0.270. The van der Waals surface area contributed by atoms with Gasteiger partial charge in [-0.15, -0.1) is 0 Å². The third-order valence-corrected chi connectivity index (χ3v) is 4.44. The maximum Gasteiger partial charge on any atom is 0.258 e. The molecule has 6 nitrogen and oxygen atoms in total. The lowest BCUT2D eigenvalue weighted by Gasteiger charge is -2.21. The summed E-state index contributed by atoms with van der Waals surface area (Å²) in [7, 11) is 1.56. The van der Waals surface area contributed by atoms with Gasteiger partial charge in [-0.25, -0.2) is 0 Å². The average Bonchev–Trinajstić information content (AvgIpc) is 2.59. The zero-order chi connectivity index (χ0) is 17.6. The van der Waals surface area contributed by atoms with Crippen LogP contribution in [0.1, 0.15) is 11.1 Å². The fourth-order valence-corrected chi connectivity index (χ4v) is 3.30. The number of hydrogen-bond acceptors (Lipinski definition) is 5. The van der Waals surface area contributed by atoms with Gasteiger partial charge >= 0.3 is 0 Å². The first-order chi connectivity index (χ1) is 12.0. The Morgan fingerprint density at radius 3 is 2.92 bits per heavy atom. The number of methoxy groups -OCH3 is 1. The molecule has 4 rings (SSSR count). The smallest absolute Gasteiger partial charge is 0.258 e. The van der Waals surface area contributed by atoms with Crippen molar-refractivity contribution in [3.63, 3.8) is 0 Å². The van der Waals surface area contributed by atoms with Crippen molar-refractivity contribution in [1.29, 1.82) is 0 Å². The molecule has 0 spiro atoms. The zero-order valence-electron chi connectivity index (χ0n) is 13.2. The van der Waals surface area contributed by atoms with Crippen molar-refractivity contribution >= 4 is 15.9 Å². The normalized spacial score (nSPS) is 12.1. The number of rotatable bonds is 2. The fourth-order valence-electron chi connectivity index (χ4n) is 2.82. The van der Waals surface area contributed by atoms with Gasteiger partial charge in [0.2, 0.25) is 5.88 Å². The van der Waals surface area contributed by atoms with Crippen molar-refractivity contribution in [1.82, 2.24) is 9.97 Å². The molecule has 1 aromatic heterocycles. The summed E-state index contributed by atoms with van der Waals surface area (Å²) in [5, 5.41) is 9.63. The first-order valence-corrected chi connectivity index (χ1v) is 8.31. The van der Waals surface area contributed by atoms with Crippen LogP contribution in [0.25, 0.3) is 11.4 Å². The van der Waals surface area contributed by atoms with E-state index in [4.69, 9.17) is 9.47 Å². The number of benzene rings is 2. The van der Waals surface area contributed by atoms with Gasteiger partial charge in [-0.3, -0.25) is 4.79 Å². The molecule has 2 N–H and O–H groups in total.